The Kier molecular flexibility index (Phi) is 8.68. The van der Waals surface area contributed by atoms with E-state index in [1.165, 1.54) is 0 Å². The molecule has 0 aliphatic heterocycles. The average molecular weight is 417 g/mol. The molecule has 3 N–H and O–H groups in total. The molecule has 0 aliphatic rings. The van der Waals surface area contributed by atoms with Gasteiger partial charge in [-0.3, -0.25) is 14.4 Å². The molecule has 0 aromatic heterocycles. The van der Waals surface area contributed by atoms with Crippen LogP contribution >= 0.6 is 11.6 Å². The highest BCUT2D eigenvalue weighted by Gasteiger charge is 2.25. The van der Waals surface area contributed by atoms with Gasteiger partial charge in [-0.1, -0.05) is 55.3 Å². The molecule has 0 spiro atoms. The maximum absolute atomic E-state index is 12.9. The molecule has 0 fully saturated rings. The average Bonchev–Trinajstić information content (AvgIpc) is 2.68. The lowest BCUT2D eigenvalue weighted by molar-refractivity contribution is -0.137. The summed E-state index contributed by atoms with van der Waals surface area (Å²) in [6, 6.07) is 14.4. The van der Waals surface area contributed by atoms with Gasteiger partial charge in [0.1, 0.15) is 6.04 Å². The monoisotopic (exact) mass is 416 g/mol. The van der Waals surface area contributed by atoms with Crippen molar-refractivity contribution in [1.29, 1.82) is 0 Å². The van der Waals surface area contributed by atoms with E-state index in [2.05, 4.69) is 10.6 Å². The van der Waals surface area contributed by atoms with Gasteiger partial charge in [0.25, 0.3) is 5.91 Å². The van der Waals surface area contributed by atoms with Gasteiger partial charge in [-0.05, 0) is 36.2 Å². The lowest BCUT2D eigenvalue weighted by Gasteiger charge is -2.23. The summed E-state index contributed by atoms with van der Waals surface area (Å²) in [5.74, 6) is -1.78. The van der Waals surface area contributed by atoms with Gasteiger partial charge in [0.15, 0.2) is 0 Å². The summed E-state index contributed by atoms with van der Waals surface area (Å²) < 4.78 is 0. The number of rotatable bonds is 10. The smallest absolute Gasteiger partial charge is 0.305 e. The highest BCUT2D eigenvalue weighted by atomic mass is 35.5. The second kappa shape index (κ2) is 11.2. The molecule has 0 aliphatic carbocycles. The zero-order valence-electron chi connectivity index (χ0n) is 16.2. The summed E-state index contributed by atoms with van der Waals surface area (Å²) in [6.07, 6.45) is 1.40. The first-order valence-electron chi connectivity index (χ1n) is 9.51. The van der Waals surface area contributed by atoms with E-state index in [0.717, 1.165) is 12.0 Å². The summed E-state index contributed by atoms with van der Waals surface area (Å²) in [6.45, 7) is 1.92. The quantitative estimate of drug-likeness (QED) is 0.552. The minimum absolute atomic E-state index is 0.164. The summed E-state index contributed by atoms with van der Waals surface area (Å²) in [5, 5.41) is 15.1. The molecule has 0 radical (unpaired) electrons. The number of hydrogen-bond acceptors (Lipinski definition) is 3. The molecule has 2 rings (SSSR count). The van der Waals surface area contributed by atoms with Crippen molar-refractivity contribution in [2.75, 3.05) is 0 Å². The summed E-state index contributed by atoms with van der Waals surface area (Å²) in [4.78, 5) is 36.6. The van der Waals surface area contributed by atoms with Crippen molar-refractivity contribution in [3.8, 4) is 0 Å². The molecule has 2 amide bonds. The van der Waals surface area contributed by atoms with Gasteiger partial charge in [-0.15, -0.1) is 0 Å². The molecule has 7 heteroatoms. The van der Waals surface area contributed by atoms with Crippen LogP contribution in [0.2, 0.25) is 5.02 Å². The maximum atomic E-state index is 12.9. The summed E-state index contributed by atoms with van der Waals surface area (Å²) in [7, 11) is 0. The molecule has 0 bridgehead atoms. The first kappa shape index (κ1) is 22.4. The van der Waals surface area contributed by atoms with Crippen molar-refractivity contribution in [3.05, 3.63) is 70.7 Å². The van der Waals surface area contributed by atoms with Crippen LogP contribution in [0.3, 0.4) is 0 Å². The van der Waals surface area contributed by atoms with Crippen molar-refractivity contribution in [3.63, 3.8) is 0 Å². The lowest BCUT2D eigenvalue weighted by atomic mass is 10.0. The Morgan fingerprint density at radius 2 is 1.66 bits per heavy atom. The fourth-order valence-corrected chi connectivity index (χ4v) is 3.11. The van der Waals surface area contributed by atoms with Crippen LogP contribution in [0.25, 0.3) is 0 Å². The van der Waals surface area contributed by atoms with Gasteiger partial charge in [0.2, 0.25) is 5.91 Å². The normalized spacial score (nSPS) is 12.6. The topological polar surface area (TPSA) is 95.5 Å². The number of amides is 2. The molecular formula is C22H25ClN2O4. The van der Waals surface area contributed by atoms with E-state index in [4.69, 9.17) is 16.7 Å². The number of carboxylic acid groups (broad SMARTS) is 1. The number of aliphatic carboxylic acids is 1. The fraction of sp³-hybridized carbons (Fsp3) is 0.318. The van der Waals surface area contributed by atoms with Crippen molar-refractivity contribution in [2.24, 2.45) is 0 Å². The lowest BCUT2D eigenvalue weighted by Crippen LogP contribution is -2.51. The number of carbonyl (C=O) groups is 3. The number of halogens is 1. The van der Waals surface area contributed by atoms with Crippen LogP contribution in [0.5, 0.6) is 0 Å². The molecule has 2 aromatic carbocycles. The fourth-order valence-electron chi connectivity index (χ4n) is 2.99. The molecule has 0 heterocycles. The predicted octanol–water partition coefficient (Wildman–Crippen LogP) is 3.44. The Labute approximate surface area is 175 Å². The maximum Gasteiger partial charge on any atom is 0.305 e. The van der Waals surface area contributed by atoms with E-state index < -0.39 is 29.9 Å². The zero-order chi connectivity index (χ0) is 21.2. The molecule has 0 saturated carbocycles. The number of carboxylic acids is 1. The van der Waals surface area contributed by atoms with Crippen LogP contribution in [0.1, 0.15) is 42.1 Å². The van der Waals surface area contributed by atoms with Gasteiger partial charge in [0.05, 0.1) is 6.42 Å². The molecule has 0 unspecified atom stereocenters. The minimum Gasteiger partial charge on any atom is -0.481 e. The molecule has 6 nitrogen and oxygen atoms in total. The molecule has 29 heavy (non-hydrogen) atoms. The first-order valence-corrected chi connectivity index (χ1v) is 9.89. The van der Waals surface area contributed by atoms with Crippen LogP contribution in [-0.2, 0) is 16.0 Å². The van der Waals surface area contributed by atoms with Gasteiger partial charge in [0, 0.05) is 23.0 Å². The first-order chi connectivity index (χ1) is 13.9. The number of benzene rings is 2. The summed E-state index contributed by atoms with van der Waals surface area (Å²) >= 11 is 5.86. The Balaban J connectivity index is 2.16. The van der Waals surface area contributed by atoms with Crippen LogP contribution in [0.4, 0.5) is 0 Å². The van der Waals surface area contributed by atoms with Crippen molar-refractivity contribution < 1.29 is 19.5 Å². The highest BCUT2D eigenvalue weighted by Crippen LogP contribution is 2.11. The second-order valence-electron chi connectivity index (χ2n) is 6.81. The SMILES string of the molecule is CCC[C@H](CC(=O)O)NC(=O)[C@H](Cc1ccccc1)NC(=O)c1ccc(Cl)cc1. The third-order valence-corrected chi connectivity index (χ3v) is 4.67. The molecule has 0 saturated heterocycles. The van der Waals surface area contributed by atoms with E-state index in [0.29, 0.717) is 17.0 Å². The van der Waals surface area contributed by atoms with E-state index in [1.807, 2.05) is 37.3 Å². The molecule has 2 atom stereocenters. The third kappa shape index (κ3) is 7.58. The third-order valence-electron chi connectivity index (χ3n) is 4.42. The second-order valence-corrected chi connectivity index (χ2v) is 7.25. The highest BCUT2D eigenvalue weighted by molar-refractivity contribution is 6.30. The van der Waals surface area contributed by atoms with Crippen molar-refractivity contribution >= 4 is 29.4 Å². The van der Waals surface area contributed by atoms with E-state index in [-0.39, 0.29) is 12.8 Å². The Bertz CT molecular complexity index is 824. The molecule has 2 aromatic rings. The van der Waals surface area contributed by atoms with E-state index in [9.17, 15) is 14.4 Å². The minimum atomic E-state index is -0.978. The number of hydrogen-bond donors (Lipinski definition) is 3. The zero-order valence-corrected chi connectivity index (χ0v) is 17.0. The van der Waals surface area contributed by atoms with Gasteiger partial charge < -0.3 is 15.7 Å². The number of nitrogens with one attached hydrogen (secondary N) is 2. The van der Waals surface area contributed by atoms with Crippen molar-refractivity contribution in [2.45, 2.75) is 44.7 Å². The van der Waals surface area contributed by atoms with Gasteiger partial charge in [-0.25, -0.2) is 0 Å². The van der Waals surface area contributed by atoms with Gasteiger partial charge >= 0.3 is 5.97 Å². The van der Waals surface area contributed by atoms with Crippen LogP contribution in [-0.4, -0.2) is 35.0 Å². The van der Waals surface area contributed by atoms with Crippen LogP contribution in [0, 0.1) is 0 Å². The predicted molar refractivity (Wildman–Crippen MR) is 112 cm³/mol. The summed E-state index contributed by atoms with van der Waals surface area (Å²) in [5.41, 5.74) is 1.27. The molecular weight excluding hydrogens is 392 g/mol. The Hall–Kier alpha value is -2.86. The van der Waals surface area contributed by atoms with Gasteiger partial charge in [-0.2, -0.15) is 0 Å². The number of carbonyl (C=O) groups excluding carboxylic acids is 2. The largest absolute Gasteiger partial charge is 0.481 e. The Morgan fingerprint density at radius 3 is 2.24 bits per heavy atom. The standard InChI is InChI=1S/C22H25ClN2O4/c1-2-6-18(14-20(26)27)24-22(29)19(13-15-7-4-3-5-8-15)25-21(28)16-9-11-17(23)12-10-16/h3-5,7-12,18-19H,2,6,13-14H2,1H3,(H,24,29)(H,25,28)(H,26,27)/t18-,19+/m1/s1. The van der Waals surface area contributed by atoms with E-state index >= 15 is 0 Å². The Morgan fingerprint density at radius 1 is 1.00 bits per heavy atom. The van der Waals surface area contributed by atoms with Crippen LogP contribution < -0.4 is 10.6 Å². The van der Waals surface area contributed by atoms with Crippen molar-refractivity contribution in [1.82, 2.24) is 10.6 Å². The molecule has 154 valence electrons. The van der Waals surface area contributed by atoms with Crippen LogP contribution in [0.15, 0.2) is 54.6 Å². The van der Waals surface area contributed by atoms with E-state index in [1.54, 1.807) is 24.3 Å².